The lowest BCUT2D eigenvalue weighted by Gasteiger charge is -2.46. The molecule has 3 aliphatic carbocycles. The second kappa shape index (κ2) is 9.37. The van der Waals surface area contributed by atoms with Crippen LogP contribution in [0, 0.1) is 28.6 Å². The number of carbonyl (C=O) groups excluding carboxylic acids is 3. The van der Waals surface area contributed by atoms with Crippen LogP contribution in [0.3, 0.4) is 0 Å². The molecule has 0 aromatic carbocycles. The number of unbranched alkanes of at least 4 members (excludes halogenated alkanes) is 2. The molecule has 5 heteroatoms. The second-order valence-electron chi connectivity index (χ2n) is 11.7. The largest absolute Gasteiger partial charge is 0.462 e. The van der Waals surface area contributed by atoms with Crippen LogP contribution in [0.15, 0.2) is 23.8 Å². The second-order valence-corrected chi connectivity index (χ2v) is 11.7. The monoisotopic (exact) mass is 470 g/mol. The van der Waals surface area contributed by atoms with Crippen LogP contribution in [0.4, 0.5) is 0 Å². The number of epoxide rings is 1. The van der Waals surface area contributed by atoms with E-state index in [1.165, 1.54) is 19.8 Å². The molecular formula is C29H42O5. The van der Waals surface area contributed by atoms with Gasteiger partial charge in [0.1, 0.15) is 24.1 Å². The number of rotatable bonds is 9. The molecule has 1 aliphatic heterocycles. The van der Waals surface area contributed by atoms with Crippen molar-refractivity contribution in [2.24, 2.45) is 28.6 Å². The average molecular weight is 471 g/mol. The summed E-state index contributed by atoms with van der Waals surface area (Å²) in [5.41, 5.74) is -0.483. The Morgan fingerprint density at radius 2 is 2.06 bits per heavy atom. The number of hydrogen-bond acceptors (Lipinski definition) is 5. The smallest absolute Gasteiger partial charge is 0.302 e. The third-order valence-electron chi connectivity index (χ3n) is 9.70. The molecule has 1 heterocycles. The van der Waals surface area contributed by atoms with Crippen molar-refractivity contribution >= 4 is 18.0 Å². The number of ether oxygens (including phenoxy) is 2. The zero-order valence-electron chi connectivity index (χ0n) is 21.6. The first-order valence-electron chi connectivity index (χ1n) is 13.3. The van der Waals surface area contributed by atoms with E-state index in [-0.39, 0.29) is 35.3 Å². The third-order valence-corrected chi connectivity index (χ3v) is 9.70. The predicted molar refractivity (Wildman–Crippen MR) is 131 cm³/mol. The Bertz CT molecular complexity index is 889. The van der Waals surface area contributed by atoms with Crippen molar-refractivity contribution < 1.29 is 23.9 Å². The van der Waals surface area contributed by atoms with E-state index in [0.717, 1.165) is 31.1 Å². The SMILES string of the molecule is CCCC/C=C/[C@H](C)[C@H]1CC[C@@H](C2=C[C@@H]3O[C@@]34C[C@@H](OC(C)=O)CC[C@]4(C)C2=O)[C@@]1(C)CC=O. The number of hydrogen-bond donors (Lipinski definition) is 0. The van der Waals surface area contributed by atoms with Crippen molar-refractivity contribution in [1.29, 1.82) is 0 Å². The summed E-state index contributed by atoms with van der Waals surface area (Å²) in [6.07, 6.45) is 15.3. The Hall–Kier alpha value is -1.75. The summed E-state index contributed by atoms with van der Waals surface area (Å²) in [6.45, 7) is 10.2. The molecule has 0 aromatic rings. The Morgan fingerprint density at radius 1 is 1.29 bits per heavy atom. The fraction of sp³-hybridized carbons (Fsp3) is 0.759. The van der Waals surface area contributed by atoms with Gasteiger partial charge in [0.15, 0.2) is 5.78 Å². The molecule has 1 spiro atoms. The van der Waals surface area contributed by atoms with Crippen molar-refractivity contribution in [3.8, 4) is 0 Å². The number of ketones is 1. The van der Waals surface area contributed by atoms with Gasteiger partial charge in [-0.2, -0.15) is 0 Å². The number of allylic oxidation sites excluding steroid dienone is 3. The minimum Gasteiger partial charge on any atom is -0.462 e. The van der Waals surface area contributed by atoms with Gasteiger partial charge in [0.05, 0.1) is 5.41 Å². The Balaban J connectivity index is 1.58. The maximum atomic E-state index is 14.1. The predicted octanol–water partition coefficient (Wildman–Crippen LogP) is 5.76. The summed E-state index contributed by atoms with van der Waals surface area (Å²) in [4.78, 5) is 37.4. The Labute approximate surface area is 204 Å². The fourth-order valence-electron chi connectivity index (χ4n) is 7.65. The maximum absolute atomic E-state index is 14.1. The van der Waals surface area contributed by atoms with Crippen LogP contribution < -0.4 is 0 Å². The lowest BCUT2D eigenvalue weighted by Crippen LogP contribution is -2.54. The summed E-state index contributed by atoms with van der Waals surface area (Å²) < 4.78 is 11.7. The molecule has 3 fully saturated rings. The molecular weight excluding hydrogens is 428 g/mol. The van der Waals surface area contributed by atoms with Gasteiger partial charge in [-0.3, -0.25) is 9.59 Å². The lowest BCUT2D eigenvalue weighted by atomic mass is 9.55. The Kier molecular flexibility index (Phi) is 6.98. The molecule has 188 valence electrons. The van der Waals surface area contributed by atoms with Crippen LogP contribution in [0.2, 0.25) is 0 Å². The fourth-order valence-corrected chi connectivity index (χ4v) is 7.65. The van der Waals surface area contributed by atoms with Gasteiger partial charge in [-0.05, 0) is 73.8 Å². The minimum atomic E-state index is -0.593. The normalized spacial score (nSPS) is 42.0. The lowest BCUT2D eigenvalue weighted by molar-refractivity contribution is -0.153. The summed E-state index contributed by atoms with van der Waals surface area (Å²) in [5, 5.41) is 0. The van der Waals surface area contributed by atoms with Gasteiger partial charge in [0, 0.05) is 19.8 Å². The summed E-state index contributed by atoms with van der Waals surface area (Å²) in [7, 11) is 0. The maximum Gasteiger partial charge on any atom is 0.302 e. The van der Waals surface area contributed by atoms with Crippen molar-refractivity contribution in [3.63, 3.8) is 0 Å². The molecule has 0 unspecified atom stereocenters. The summed E-state index contributed by atoms with van der Waals surface area (Å²) in [6, 6.07) is 0. The zero-order valence-corrected chi connectivity index (χ0v) is 21.6. The minimum absolute atomic E-state index is 0.0758. The highest BCUT2D eigenvalue weighted by Gasteiger charge is 2.74. The van der Waals surface area contributed by atoms with Gasteiger partial charge >= 0.3 is 5.97 Å². The van der Waals surface area contributed by atoms with Crippen molar-refractivity contribution in [2.45, 2.75) is 110 Å². The summed E-state index contributed by atoms with van der Waals surface area (Å²) in [5.74, 6) is 0.731. The van der Waals surface area contributed by atoms with E-state index in [4.69, 9.17) is 9.47 Å². The molecule has 4 aliphatic rings. The molecule has 1 saturated heterocycles. The van der Waals surface area contributed by atoms with Crippen molar-refractivity contribution in [3.05, 3.63) is 23.8 Å². The van der Waals surface area contributed by atoms with E-state index in [1.54, 1.807) is 0 Å². The highest BCUT2D eigenvalue weighted by Crippen LogP contribution is 2.66. The molecule has 5 nitrogen and oxygen atoms in total. The van der Waals surface area contributed by atoms with E-state index in [2.05, 4.69) is 45.9 Å². The molecule has 0 bridgehead atoms. The van der Waals surface area contributed by atoms with Crippen LogP contribution in [-0.2, 0) is 23.9 Å². The molecule has 0 amide bonds. The van der Waals surface area contributed by atoms with Gasteiger partial charge in [0.25, 0.3) is 0 Å². The number of esters is 1. The van der Waals surface area contributed by atoms with Crippen LogP contribution >= 0.6 is 0 Å². The number of aldehydes is 1. The van der Waals surface area contributed by atoms with Crippen molar-refractivity contribution in [1.82, 2.24) is 0 Å². The van der Waals surface area contributed by atoms with Gasteiger partial charge in [-0.15, -0.1) is 0 Å². The van der Waals surface area contributed by atoms with Crippen LogP contribution in [0.5, 0.6) is 0 Å². The number of Topliss-reactive ketones (excluding diaryl/α,β-unsaturated/α-hetero) is 1. The van der Waals surface area contributed by atoms with Crippen LogP contribution in [0.25, 0.3) is 0 Å². The van der Waals surface area contributed by atoms with E-state index >= 15 is 0 Å². The van der Waals surface area contributed by atoms with Gasteiger partial charge < -0.3 is 14.3 Å². The molecule has 0 aromatic heterocycles. The topological polar surface area (TPSA) is 73.0 Å². The van der Waals surface area contributed by atoms with Gasteiger partial charge in [-0.1, -0.05) is 45.8 Å². The van der Waals surface area contributed by atoms with Crippen LogP contribution in [0.1, 0.15) is 92.4 Å². The first kappa shape index (κ1) is 25.3. The van der Waals surface area contributed by atoms with E-state index in [0.29, 0.717) is 37.5 Å². The van der Waals surface area contributed by atoms with Crippen LogP contribution in [-0.4, -0.2) is 35.8 Å². The van der Waals surface area contributed by atoms with Crippen molar-refractivity contribution in [2.75, 3.05) is 0 Å². The average Bonchev–Trinajstić information content (AvgIpc) is 3.37. The molecule has 4 rings (SSSR count). The molecule has 0 N–H and O–H groups in total. The zero-order chi connectivity index (χ0) is 24.7. The first-order chi connectivity index (χ1) is 16.1. The third kappa shape index (κ3) is 4.02. The number of carbonyl (C=O) groups is 3. The van der Waals surface area contributed by atoms with Gasteiger partial charge in [0.2, 0.25) is 0 Å². The standard InChI is InChI=1S/C29H42O5/c1-6-7-8-9-10-19(2)23-11-12-24(27(23,4)15-16-30)22-17-25-29(34-25)18-21(33-20(3)31)13-14-28(29,5)26(22)32/h9-10,16-17,19,21,23-25H,6-8,11-15,18H2,1-5H3/b10-9+/t19-,21-,23+,24-,25-,27-,28+,29-/m0/s1. The van der Waals surface area contributed by atoms with Gasteiger partial charge in [-0.25, -0.2) is 0 Å². The highest BCUT2D eigenvalue weighted by molar-refractivity contribution is 6.03. The molecule has 0 radical (unpaired) electrons. The summed E-state index contributed by atoms with van der Waals surface area (Å²) >= 11 is 0. The van der Waals surface area contributed by atoms with E-state index in [1.807, 2.05) is 0 Å². The molecule has 2 saturated carbocycles. The highest BCUT2D eigenvalue weighted by atomic mass is 16.6. The van der Waals surface area contributed by atoms with E-state index in [9.17, 15) is 14.4 Å². The molecule has 8 atom stereocenters. The van der Waals surface area contributed by atoms with E-state index < -0.39 is 11.0 Å². The molecule has 34 heavy (non-hydrogen) atoms. The Morgan fingerprint density at radius 3 is 2.74 bits per heavy atom. The first-order valence-corrected chi connectivity index (χ1v) is 13.3. The quantitative estimate of drug-likeness (QED) is 0.141.